The Hall–Kier alpha value is -2.60. The average Bonchev–Trinajstić information content (AvgIpc) is 2.91. The smallest absolute Gasteiger partial charge is 0.412 e. The number of nitrogens with zero attached hydrogens (tertiary/aromatic N) is 1. The molecule has 6 heteroatoms. The Bertz CT molecular complexity index is 864. The van der Waals surface area contributed by atoms with Crippen LogP contribution < -0.4 is 5.32 Å². The van der Waals surface area contributed by atoms with E-state index < -0.39 is 11.7 Å². The highest BCUT2D eigenvalue weighted by Crippen LogP contribution is 2.36. The summed E-state index contributed by atoms with van der Waals surface area (Å²) in [5.74, 6) is 0.115. The molecule has 0 saturated carbocycles. The van der Waals surface area contributed by atoms with Crippen molar-refractivity contribution >= 4 is 33.3 Å². The molecule has 1 heterocycles. The van der Waals surface area contributed by atoms with Gasteiger partial charge in [0.05, 0.1) is 15.8 Å². The maximum Gasteiger partial charge on any atom is 0.412 e. The molecule has 0 atom stereocenters. The van der Waals surface area contributed by atoms with Crippen LogP contribution in [0.4, 0.5) is 10.5 Å². The number of para-hydroxylation sites is 1. The van der Waals surface area contributed by atoms with Crippen molar-refractivity contribution in [2.45, 2.75) is 26.4 Å². The van der Waals surface area contributed by atoms with E-state index in [-0.39, 0.29) is 5.75 Å². The fraction of sp³-hybridized carbons (Fsp3) is 0.222. The summed E-state index contributed by atoms with van der Waals surface area (Å²) in [7, 11) is 0. The summed E-state index contributed by atoms with van der Waals surface area (Å²) in [5.41, 5.74) is 1.42. The topological polar surface area (TPSA) is 71.5 Å². The average molecular weight is 342 g/mol. The maximum absolute atomic E-state index is 11.9. The van der Waals surface area contributed by atoms with E-state index in [1.54, 1.807) is 32.9 Å². The molecule has 3 aromatic rings. The van der Waals surface area contributed by atoms with E-state index >= 15 is 0 Å². The third kappa shape index (κ3) is 3.65. The molecule has 0 aliphatic heterocycles. The number of phenolic OH excluding ortho intramolecular Hbond substituents is 1. The van der Waals surface area contributed by atoms with E-state index in [0.717, 1.165) is 10.2 Å². The van der Waals surface area contributed by atoms with Gasteiger partial charge in [-0.1, -0.05) is 12.1 Å². The highest BCUT2D eigenvalue weighted by atomic mass is 32.1. The number of amides is 1. The van der Waals surface area contributed by atoms with Crippen LogP contribution in [-0.4, -0.2) is 21.8 Å². The number of rotatable bonds is 2. The molecule has 0 unspecified atom stereocenters. The highest BCUT2D eigenvalue weighted by molar-refractivity contribution is 7.21. The molecule has 1 aromatic heterocycles. The standard InChI is InChI=1S/C18H18N2O3S/c1-18(2,3)23-17(22)19-11-8-9-14(21)12(10-11)16-20-13-6-4-5-7-15(13)24-16/h4-10,21H,1-3H3,(H,19,22). The maximum atomic E-state index is 11.9. The van der Waals surface area contributed by atoms with Crippen LogP contribution in [0.1, 0.15) is 20.8 Å². The van der Waals surface area contributed by atoms with Crippen molar-refractivity contribution in [3.63, 3.8) is 0 Å². The molecule has 0 saturated heterocycles. The van der Waals surface area contributed by atoms with Gasteiger partial charge in [-0.25, -0.2) is 9.78 Å². The van der Waals surface area contributed by atoms with Crippen molar-refractivity contribution in [2.24, 2.45) is 0 Å². The van der Waals surface area contributed by atoms with Crippen LogP contribution in [0.3, 0.4) is 0 Å². The van der Waals surface area contributed by atoms with Crippen LogP contribution in [0.2, 0.25) is 0 Å². The van der Waals surface area contributed by atoms with Crippen LogP contribution in [0, 0.1) is 0 Å². The summed E-state index contributed by atoms with van der Waals surface area (Å²) in [4.78, 5) is 16.4. The number of nitrogens with one attached hydrogen (secondary N) is 1. The zero-order valence-corrected chi connectivity index (χ0v) is 14.5. The molecule has 0 aliphatic carbocycles. The second kappa shape index (κ2) is 6.13. The first-order valence-electron chi connectivity index (χ1n) is 7.51. The van der Waals surface area contributed by atoms with Crippen molar-refractivity contribution in [3.05, 3.63) is 42.5 Å². The second-order valence-corrected chi connectivity index (χ2v) is 7.38. The normalized spacial score (nSPS) is 11.5. The number of hydrogen-bond donors (Lipinski definition) is 2. The van der Waals surface area contributed by atoms with Crippen molar-refractivity contribution in [1.82, 2.24) is 4.98 Å². The molecule has 5 nitrogen and oxygen atoms in total. The molecule has 2 aromatic carbocycles. The Balaban J connectivity index is 1.90. The largest absolute Gasteiger partial charge is 0.507 e. The molecule has 3 rings (SSSR count). The predicted octanol–water partition coefficient (Wildman–Crippen LogP) is 5.02. The minimum Gasteiger partial charge on any atom is -0.507 e. The number of anilines is 1. The molecule has 124 valence electrons. The summed E-state index contributed by atoms with van der Waals surface area (Å²) < 4.78 is 6.28. The van der Waals surface area contributed by atoms with Crippen molar-refractivity contribution in [3.8, 4) is 16.3 Å². The van der Waals surface area contributed by atoms with Gasteiger partial charge >= 0.3 is 6.09 Å². The summed E-state index contributed by atoms with van der Waals surface area (Å²) >= 11 is 1.49. The molecule has 0 bridgehead atoms. The number of fused-ring (bicyclic) bond motifs is 1. The lowest BCUT2D eigenvalue weighted by Crippen LogP contribution is -2.27. The van der Waals surface area contributed by atoms with Crippen LogP contribution in [0.15, 0.2) is 42.5 Å². The monoisotopic (exact) mass is 342 g/mol. The van der Waals surface area contributed by atoms with Gasteiger partial charge in [-0.05, 0) is 51.1 Å². The zero-order valence-electron chi connectivity index (χ0n) is 13.7. The van der Waals surface area contributed by atoms with Crippen molar-refractivity contribution in [2.75, 3.05) is 5.32 Å². The van der Waals surface area contributed by atoms with E-state index in [4.69, 9.17) is 4.74 Å². The van der Waals surface area contributed by atoms with Gasteiger partial charge in [0.2, 0.25) is 0 Å². The molecule has 24 heavy (non-hydrogen) atoms. The molecule has 0 aliphatic rings. The molecular formula is C18H18N2O3S. The predicted molar refractivity (Wildman–Crippen MR) is 96.6 cm³/mol. The van der Waals surface area contributed by atoms with Gasteiger partial charge in [0.25, 0.3) is 0 Å². The fourth-order valence-corrected chi connectivity index (χ4v) is 3.18. The minimum atomic E-state index is -0.573. The van der Waals surface area contributed by atoms with Gasteiger partial charge in [-0.2, -0.15) is 0 Å². The van der Waals surface area contributed by atoms with Crippen LogP contribution in [0.25, 0.3) is 20.8 Å². The lowest BCUT2D eigenvalue weighted by molar-refractivity contribution is 0.0636. The number of hydrogen-bond acceptors (Lipinski definition) is 5. The van der Waals surface area contributed by atoms with Crippen molar-refractivity contribution in [1.29, 1.82) is 0 Å². The van der Waals surface area contributed by atoms with E-state index in [9.17, 15) is 9.90 Å². The molecule has 1 amide bonds. The quantitative estimate of drug-likeness (QED) is 0.642. The molecule has 0 radical (unpaired) electrons. The van der Waals surface area contributed by atoms with E-state index in [1.165, 1.54) is 17.4 Å². The Morgan fingerprint density at radius 1 is 1.21 bits per heavy atom. The van der Waals surface area contributed by atoms with Gasteiger partial charge in [0.1, 0.15) is 16.4 Å². The van der Waals surface area contributed by atoms with E-state index in [2.05, 4.69) is 10.3 Å². The van der Waals surface area contributed by atoms with Crippen LogP contribution in [-0.2, 0) is 4.74 Å². The number of phenols is 1. The Morgan fingerprint density at radius 3 is 2.67 bits per heavy atom. The fourth-order valence-electron chi connectivity index (χ4n) is 2.19. The number of aromatic hydroxyl groups is 1. The molecule has 2 N–H and O–H groups in total. The van der Waals surface area contributed by atoms with Gasteiger partial charge in [-0.15, -0.1) is 11.3 Å². The minimum absolute atomic E-state index is 0.115. The Morgan fingerprint density at radius 2 is 1.96 bits per heavy atom. The summed E-state index contributed by atoms with van der Waals surface area (Å²) in [6.45, 7) is 5.40. The number of ether oxygens (including phenoxy) is 1. The number of thiazole rings is 1. The summed E-state index contributed by atoms with van der Waals surface area (Å²) in [6.07, 6.45) is -0.538. The molecule has 0 fully saturated rings. The van der Waals surface area contributed by atoms with Gasteiger partial charge in [0.15, 0.2) is 0 Å². The van der Waals surface area contributed by atoms with E-state index in [0.29, 0.717) is 16.3 Å². The number of benzene rings is 2. The number of aromatic nitrogens is 1. The first-order chi connectivity index (χ1) is 11.3. The third-order valence-electron chi connectivity index (χ3n) is 3.17. The first kappa shape index (κ1) is 16.3. The Labute approximate surface area is 143 Å². The van der Waals surface area contributed by atoms with Crippen LogP contribution >= 0.6 is 11.3 Å². The molecular weight excluding hydrogens is 324 g/mol. The van der Waals surface area contributed by atoms with E-state index in [1.807, 2.05) is 24.3 Å². The second-order valence-electron chi connectivity index (χ2n) is 6.35. The Kier molecular flexibility index (Phi) is 4.15. The van der Waals surface area contributed by atoms with Gasteiger partial charge in [0, 0.05) is 5.69 Å². The van der Waals surface area contributed by atoms with Crippen molar-refractivity contribution < 1.29 is 14.6 Å². The van der Waals surface area contributed by atoms with Gasteiger partial charge in [-0.3, -0.25) is 5.32 Å². The van der Waals surface area contributed by atoms with Gasteiger partial charge < -0.3 is 9.84 Å². The number of carbonyl (C=O) groups excluding carboxylic acids is 1. The number of carbonyl (C=O) groups is 1. The highest BCUT2D eigenvalue weighted by Gasteiger charge is 2.17. The summed E-state index contributed by atoms with van der Waals surface area (Å²) in [5, 5.41) is 13.5. The lowest BCUT2D eigenvalue weighted by atomic mass is 10.2. The third-order valence-corrected chi connectivity index (χ3v) is 4.24. The first-order valence-corrected chi connectivity index (χ1v) is 8.32. The SMILES string of the molecule is CC(C)(C)OC(=O)Nc1ccc(O)c(-c2nc3ccccc3s2)c1. The summed E-state index contributed by atoms with van der Waals surface area (Å²) in [6, 6.07) is 12.6. The van der Waals surface area contributed by atoms with Crippen LogP contribution in [0.5, 0.6) is 5.75 Å². The lowest BCUT2D eigenvalue weighted by Gasteiger charge is -2.19. The zero-order chi connectivity index (χ0) is 17.3. The molecule has 0 spiro atoms.